The highest BCUT2D eigenvalue weighted by Crippen LogP contribution is 2.39. The fourth-order valence-corrected chi connectivity index (χ4v) is 6.39. The molecule has 0 atom stereocenters. The van der Waals surface area contributed by atoms with Crippen LogP contribution in [0, 0.1) is 5.41 Å². The van der Waals surface area contributed by atoms with Crippen molar-refractivity contribution in [3.63, 3.8) is 0 Å². The fourth-order valence-electron chi connectivity index (χ4n) is 6.39. The van der Waals surface area contributed by atoms with Crippen LogP contribution in [-0.2, 0) is 18.3 Å². The molecule has 0 bridgehead atoms. The van der Waals surface area contributed by atoms with Crippen LogP contribution in [0.3, 0.4) is 0 Å². The zero-order valence-corrected chi connectivity index (χ0v) is 27.4. The summed E-state index contributed by atoms with van der Waals surface area (Å²) in [6, 6.07) is 13.6. The predicted octanol–water partition coefficient (Wildman–Crippen LogP) is 5.16. The maximum Gasteiger partial charge on any atom is 0.441 e. The number of nitrogens with one attached hydrogen (secondary N) is 2. The zero-order chi connectivity index (χ0) is 32.6. The van der Waals surface area contributed by atoms with E-state index in [2.05, 4.69) is 32.5 Å². The molecule has 4 aromatic rings. The van der Waals surface area contributed by atoms with Gasteiger partial charge in [0, 0.05) is 61.9 Å². The summed E-state index contributed by atoms with van der Waals surface area (Å²) < 4.78 is 9.04. The largest absolute Gasteiger partial charge is 0.441 e. The Morgan fingerprint density at radius 2 is 1.91 bits per heavy atom. The Balaban J connectivity index is 1.17. The number of aromatic nitrogens is 5. The lowest BCUT2D eigenvalue weighted by Crippen LogP contribution is -2.54. The first-order chi connectivity index (χ1) is 22.9. The molecule has 246 valence electrons. The third-order valence-electron chi connectivity index (χ3n) is 8.86. The van der Waals surface area contributed by atoms with Gasteiger partial charge in [-0.25, -0.2) is 9.78 Å². The number of rotatable bonds is 12. The lowest BCUT2D eigenvalue weighted by molar-refractivity contribution is -0.342. The van der Waals surface area contributed by atoms with Gasteiger partial charge in [0.2, 0.25) is 5.95 Å². The van der Waals surface area contributed by atoms with Crippen LogP contribution in [0.25, 0.3) is 11.1 Å². The number of carbonyl (C=O) groups is 1. The summed E-state index contributed by atoms with van der Waals surface area (Å²) in [6.07, 6.45) is 12.7. The molecular weight excluding hydrogens is 592 g/mol. The summed E-state index contributed by atoms with van der Waals surface area (Å²) >= 11 is 0. The number of anilines is 3. The molecule has 1 spiro atoms. The van der Waals surface area contributed by atoms with E-state index in [4.69, 9.17) is 20.4 Å². The molecule has 12 heteroatoms. The van der Waals surface area contributed by atoms with Crippen LogP contribution in [0.5, 0.6) is 0 Å². The van der Waals surface area contributed by atoms with E-state index in [-0.39, 0.29) is 11.4 Å². The highest BCUT2D eigenvalue weighted by atomic mass is 16.5. The number of hydrogen-bond donors (Lipinski definition) is 3. The van der Waals surface area contributed by atoms with E-state index < -0.39 is 0 Å². The summed E-state index contributed by atoms with van der Waals surface area (Å²) in [5.74, 6) is 1.93. The smallest absolute Gasteiger partial charge is 0.394 e. The number of benzene rings is 1. The van der Waals surface area contributed by atoms with Crippen molar-refractivity contribution in [2.45, 2.75) is 52.0 Å². The third-order valence-corrected chi connectivity index (χ3v) is 8.86. The molecule has 3 aromatic heterocycles. The minimum atomic E-state index is -0.199. The van der Waals surface area contributed by atoms with Gasteiger partial charge in [0.1, 0.15) is 6.20 Å². The first-order valence-corrected chi connectivity index (χ1v) is 16.5. The van der Waals surface area contributed by atoms with Gasteiger partial charge in [-0.05, 0) is 43.7 Å². The molecular formula is C35H45N10O2+. The Bertz CT molecular complexity index is 1680. The van der Waals surface area contributed by atoms with Crippen molar-refractivity contribution >= 4 is 35.0 Å². The standard InChI is InChI=1S/C35H44N10O2/c1-3-9-29(12-7-16-37-33-39-21-30(36)32(42-33)44-17-8-15-35(23-44)24-47-25-35)45(34(46)40-18-26-10-5-4-6-11-26)31-14-13-27(19-38-31)28-20-41-43(2)22-28/h4-6,10-11,13-14,19-22H,3,7-9,12,15-18,23-25,36H2,1-2H3,(H-,37,39,40,42,46)/p+1/b45-29+. The Morgan fingerprint density at radius 3 is 2.62 bits per heavy atom. The molecule has 6 rings (SSSR count). The van der Waals surface area contributed by atoms with Crippen LogP contribution in [0.15, 0.2) is 67.3 Å². The Hall–Kier alpha value is -4.84. The maximum absolute atomic E-state index is 13.8. The summed E-state index contributed by atoms with van der Waals surface area (Å²) in [6.45, 7) is 6.64. The van der Waals surface area contributed by atoms with Crippen molar-refractivity contribution in [1.82, 2.24) is 30.0 Å². The van der Waals surface area contributed by atoms with Crippen molar-refractivity contribution in [2.24, 2.45) is 12.5 Å². The van der Waals surface area contributed by atoms with E-state index in [1.165, 1.54) is 6.42 Å². The molecule has 2 amide bonds. The van der Waals surface area contributed by atoms with Crippen molar-refractivity contribution in [3.8, 4) is 11.1 Å². The van der Waals surface area contributed by atoms with E-state index in [1.54, 1.807) is 21.7 Å². The van der Waals surface area contributed by atoms with Crippen LogP contribution in [0.1, 0.15) is 51.0 Å². The second-order valence-corrected chi connectivity index (χ2v) is 12.6. The van der Waals surface area contributed by atoms with Crippen molar-refractivity contribution in [2.75, 3.05) is 48.8 Å². The molecule has 4 N–H and O–H groups in total. The molecule has 0 radical (unpaired) electrons. The average Bonchev–Trinajstić information content (AvgIpc) is 3.52. The number of amides is 2. The van der Waals surface area contributed by atoms with Gasteiger partial charge in [0.05, 0.1) is 43.6 Å². The molecule has 47 heavy (non-hydrogen) atoms. The van der Waals surface area contributed by atoms with E-state index in [0.29, 0.717) is 37.0 Å². The van der Waals surface area contributed by atoms with E-state index in [9.17, 15) is 4.79 Å². The first kappa shape index (κ1) is 32.1. The monoisotopic (exact) mass is 637 g/mol. The molecule has 0 aliphatic carbocycles. The summed E-state index contributed by atoms with van der Waals surface area (Å²) in [7, 11) is 1.89. The van der Waals surface area contributed by atoms with Gasteiger partial charge >= 0.3 is 6.03 Å². The maximum atomic E-state index is 13.8. The Morgan fingerprint density at radius 1 is 1.06 bits per heavy atom. The predicted molar refractivity (Wildman–Crippen MR) is 184 cm³/mol. The van der Waals surface area contributed by atoms with Crippen LogP contribution >= 0.6 is 0 Å². The quantitative estimate of drug-likeness (QED) is 0.109. The third kappa shape index (κ3) is 7.76. The minimum absolute atomic E-state index is 0.199. The molecule has 0 saturated carbocycles. The molecule has 1 aromatic carbocycles. The highest BCUT2D eigenvalue weighted by Gasteiger charge is 2.42. The van der Waals surface area contributed by atoms with Crippen LogP contribution in [0.4, 0.5) is 28.1 Å². The number of urea groups is 1. The Kier molecular flexibility index (Phi) is 10.1. The van der Waals surface area contributed by atoms with Crippen molar-refractivity contribution < 1.29 is 14.1 Å². The fraction of sp³-hybridized carbons (Fsp3) is 0.429. The number of nitrogens with two attached hydrogens (primary N) is 1. The molecule has 2 saturated heterocycles. The highest BCUT2D eigenvalue weighted by molar-refractivity contribution is 5.87. The molecule has 12 nitrogen and oxygen atoms in total. The minimum Gasteiger partial charge on any atom is -0.394 e. The SMILES string of the molecule is CCC/C(CCCNc1ncc(N)c(N2CCCC3(COC3)C2)n1)=[N+](\C(=O)NCc1ccccc1)c1ccc(-c2cnn(C)c2)cn1. The van der Waals surface area contributed by atoms with Crippen LogP contribution in [-0.4, -0.2) is 73.9 Å². The number of carbonyl (C=O) groups excluding carboxylic acids is 1. The van der Waals surface area contributed by atoms with Gasteiger partial charge in [0.25, 0.3) is 5.82 Å². The number of piperidine rings is 1. The van der Waals surface area contributed by atoms with Gasteiger partial charge in [-0.2, -0.15) is 14.7 Å². The lowest BCUT2D eigenvalue weighted by atomic mass is 9.78. The van der Waals surface area contributed by atoms with Crippen molar-refractivity contribution in [3.05, 3.63) is 72.8 Å². The Labute approximate surface area is 276 Å². The molecule has 2 aliphatic rings. The zero-order valence-electron chi connectivity index (χ0n) is 27.4. The van der Waals surface area contributed by atoms with E-state index in [1.807, 2.05) is 61.9 Å². The average molecular weight is 638 g/mol. The van der Waals surface area contributed by atoms with Gasteiger partial charge in [0.15, 0.2) is 5.82 Å². The van der Waals surface area contributed by atoms with Gasteiger partial charge < -0.3 is 20.7 Å². The topological polar surface area (TPSA) is 139 Å². The lowest BCUT2D eigenvalue weighted by Gasteiger charge is -2.48. The summed E-state index contributed by atoms with van der Waals surface area (Å²) in [4.78, 5) is 30.1. The molecule has 2 aliphatic heterocycles. The molecule has 0 unspecified atom stereocenters. The van der Waals surface area contributed by atoms with Gasteiger partial charge in [-0.15, -0.1) is 4.98 Å². The molecule has 2 fully saturated rings. The number of pyridine rings is 1. The first-order valence-electron chi connectivity index (χ1n) is 16.5. The summed E-state index contributed by atoms with van der Waals surface area (Å²) in [5.41, 5.74) is 11.1. The number of aryl methyl sites for hydroxylation is 1. The number of nitrogen functional groups attached to an aromatic ring is 1. The van der Waals surface area contributed by atoms with Gasteiger partial charge in [-0.1, -0.05) is 37.3 Å². The second-order valence-electron chi connectivity index (χ2n) is 12.6. The van der Waals surface area contributed by atoms with E-state index >= 15 is 0 Å². The number of ether oxygens (including phenoxy) is 1. The van der Waals surface area contributed by atoms with Crippen LogP contribution in [0.2, 0.25) is 0 Å². The number of hydrogen-bond acceptors (Lipinski definition) is 9. The van der Waals surface area contributed by atoms with Crippen molar-refractivity contribution in [1.29, 1.82) is 0 Å². The van der Waals surface area contributed by atoms with E-state index in [0.717, 1.165) is 80.2 Å². The number of nitrogens with zero attached hydrogens (tertiary/aromatic N) is 7. The van der Waals surface area contributed by atoms with Crippen LogP contribution < -0.4 is 21.3 Å². The summed E-state index contributed by atoms with van der Waals surface area (Å²) in [5, 5.41) is 10.8. The normalized spacial score (nSPS) is 16.0. The van der Waals surface area contributed by atoms with Gasteiger partial charge in [-0.3, -0.25) is 10.00 Å². The molecule has 5 heterocycles. The second kappa shape index (κ2) is 14.7.